The number of rotatable bonds is 8. The van der Waals surface area contributed by atoms with Gasteiger partial charge in [-0.2, -0.15) is 0 Å². The minimum Gasteiger partial charge on any atom is -0.334 e. The number of carbonyl (C=O) groups excluding carboxylic acids is 2. The Balaban J connectivity index is 1.84. The maximum Gasteiger partial charge on any atom is 0.279 e. The van der Waals surface area contributed by atoms with Crippen LogP contribution in [0.5, 0.6) is 0 Å². The molecule has 0 aliphatic rings. The molecule has 5 nitrogen and oxygen atoms in total. The Bertz CT molecular complexity index is 737. The minimum absolute atomic E-state index is 0.00703. The summed E-state index contributed by atoms with van der Waals surface area (Å²) in [6.45, 7) is 3.45. The monoisotopic (exact) mass is 358 g/mol. The molecule has 0 aromatic heterocycles. The number of nitrogens with one attached hydrogen (secondary N) is 2. The highest BCUT2D eigenvalue weighted by molar-refractivity contribution is 5.91. The fourth-order valence-corrected chi connectivity index (χ4v) is 2.66. The number of halogens is 1. The molecule has 0 bridgehead atoms. The molecule has 1 atom stereocenters. The second-order valence-corrected chi connectivity index (χ2v) is 6.26. The van der Waals surface area contributed by atoms with Crippen molar-refractivity contribution in [2.75, 3.05) is 32.0 Å². The summed E-state index contributed by atoms with van der Waals surface area (Å²) in [5.41, 5.74) is 1.48. The van der Waals surface area contributed by atoms with Crippen LogP contribution in [-0.4, -0.2) is 43.4 Å². The lowest BCUT2D eigenvalue weighted by Crippen LogP contribution is -3.11. The summed E-state index contributed by atoms with van der Waals surface area (Å²) in [6.07, 6.45) is 0. The third kappa shape index (κ3) is 6.29. The molecule has 2 aromatic rings. The standard InChI is InChI=1S/C20H24FN3O2/c1-3-24(13-16-8-5-4-6-9-16)20(26)15-23(2)14-19(25)22-18-11-7-10-17(21)12-18/h4-12H,3,13-15H2,1-2H3,(H,22,25)/p+1. The second-order valence-electron chi connectivity index (χ2n) is 6.26. The van der Waals surface area contributed by atoms with Crippen LogP contribution in [0.4, 0.5) is 10.1 Å². The number of amides is 2. The van der Waals surface area contributed by atoms with Crippen molar-refractivity contribution in [2.45, 2.75) is 13.5 Å². The van der Waals surface area contributed by atoms with Crippen molar-refractivity contribution in [2.24, 2.45) is 0 Å². The van der Waals surface area contributed by atoms with Crippen LogP contribution in [-0.2, 0) is 16.1 Å². The van der Waals surface area contributed by atoms with Gasteiger partial charge in [-0.15, -0.1) is 0 Å². The zero-order valence-electron chi connectivity index (χ0n) is 15.2. The van der Waals surface area contributed by atoms with E-state index in [1.54, 1.807) is 18.0 Å². The molecule has 6 heteroatoms. The minimum atomic E-state index is -0.404. The van der Waals surface area contributed by atoms with E-state index in [4.69, 9.17) is 0 Å². The molecule has 0 aliphatic carbocycles. The van der Waals surface area contributed by atoms with Crippen LogP contribution in [0, 0.1) is 5.82 Å². The molecule has 0 saturated carbocycles. The molecular weight excluding hydrogens is 333 g/mol. The molecule has 0 saturated heterocycles. The van der Waals surface area contributed by atoms with Crippen molar-refractivity contribution in [1.29, 1.82) is 0 Å². The van der Waals surface area contributed by atoms with E-state index in [2.05, 4.69) is 5.32 Å². The van der Waals surface area contributed by atoms with Gasteiger partial charge in [0.15, 0.2) is 13.1 Å². The molecule has 26 heavy (non-hydrogen) atoms. The molecule has 2 amide bonds. The van der Waals surface area contributed by atoms with E-state index in [0.717, 1.165) is 10.5 Å². The molecule has 0 radical (unpaired) electrons. The predicted molar refractivity (Wildman–Crippen MR) is 99.2 cm³/mol. The first-order chi connectivity index (χ1) is 12.5. The van der Waals surface area contributed by atoms with E-state index in [9.17, 15) is 14.0 Å². The van der Waals surface area contributed by atoms with Gasteiger partial charge in [-0.3, -0.25) is 9.59 Å². The van der Waals surface area contributed by atoms with Gasteiger partial charge in [0, 0.05) is 18.8 Å². The van der Waals surface area contributed by atoms with Crippen molar-refractivity contribution < 1.29 is 18.9 Å². The van der Waals surface area contributed by atoms with Gasteiger partial charge in [0.25, 0.3) is 11.8 Å². The maximum absolute atomic E-state index is 13.2. The number of anilines is 1. The Morgan fingerprint density at radius 1 is 1.08 bits per heavy atom. The SMILES string of the molecule is CCN(Cc1ccccc1)C(=O)C[NH+](C)CC(=O)Nc1cccc(F)c1. The summed E-state index contributed by atoms with van der Waals surface area (Å²) in [6, 6.07) is 15.5. The van der Waals surface area contributed by atoms with Gasteiger partial charge >= 0.3 is 0 Å². The van der Waals surface area contributed by atoms with Gasteiger partial charge in [-0.05, 0) is 30.7 Å². The first kappa shape index (κ1) is 19.6. The Morgan fingerprint density at radius 2 is 1.81 bits per heavy atom. The fraction of sp³-hybridized carbons (Fsp3) is 0.300. The topological polar surface area (TPSA) is 53.9 Å². The highest BCUT2D eigenvalue weighted by Crippen LogP contribution is 2.08. The number of hydrogen-bond donors (Lipinski definition) is 2. The molecule has 2 rings (SSSR count). The number of hydrogen-bond acceptors (Lipinski definition) is 2. The van der Waals surface area contributed by atoms with Crippen molar-refractivity contribution in [3.05, 3.63) is 66.0 Å². The molecule has 138 valence electrons. The van der Waals surface area contributed by atoms with Crippen molar-refractivity contribution in [3.63, 3.8) is 0 Å². The van der Waals surface area contributed by atoms with Crippen molar-refractivity contribution >= 4 is 17.5 Å². The van der Waals surface area contributed by atoms with Crippen LogP contribution in [0.15, 0.2) is 54.6 Å². The van der Waals surface area contributed by atoms with E-state index in [1.165, 1.54) is 18.2 Å². The molecule has 0 aliphatic heterocycles. The average Bonchev–Trinajstić information content (AvgIpc) is 2.60. The molecule has 0 fully saturated rings. The highest BCUT2D eigenvalue weighted by Gasteiger charge is 2.19. The number of nitrogens with zero attached hydrogens (tertiary/aromatic N) is 1. The number of likely N-dealkylation sites (N-methyl/N-ethyl adjacent to an activating group) is 2. The smallest absolute Gasteiger partial charge is 0.279 e. The van der Waals surface area contributed by atoms with Gasteiger partial charge in [0.1, 0.15) is 5.82 Å². The molecule has 0 spiro atoms. The lowest BCUT2D eigenvalue weighted by molar-refractivity contribution is -0.862. The van der Waals surface area contributed by atoms with Crippen LogP contribution < -0.4 is 10.2 Å². The molecule has 2 N–H and O–H groups in total. The summed E-state index contributed by atoms with van der Waals surface area (Å²) in [7, 11) is 1.79. The molecule has 0 heterocycles. The number of carbonyl (C=O) groups is 2. The largest absolute Gasteiger partial charge is 0.334 e. The first-order valence-electron chi connectivity index (χ1n) is 8.66. The first-order valence-corrected chi connectivity index (χ1v) is 8.66. The molecular formula is C20H25FN3O2+. The third-order valence-corrected chi connectivity index (χ3v) is 3.97. The Hall–Kier alpha value is -2.73. The van der Waals surface area contributed by atoms with E-state index in [1.807, 2.05) is 37.3 Å². The Kier molecular flexibility index (Phi) is 7.29. The van der Waals surface area contributed by atoms with Gasteiger partial charge in [-0.25, -0.2) is 4.39 Å². The summed E-state index contributed by atoms with van der Waals surface area (Å²) < 4.78 is 13.2. The summed E-state index contributed by atoms with van der Waals surface area (Å²) in [4.78, 5) is 27.1. The molecule has 2 aromatic carbocycles. The van der Waals surface area contributed by atoms with Gasteiger partial charge in [-0.1, -0.05) is 36.4 Å². The second kappa shape index (κ2) is 9.68. The lowest BCUT2D eigenvalue weighted by Gasteiger charge is -2.22. The summed E-state index contributed by atoms with van der Waals surface area (Å²) >= 11 is 0. The lowest BCUT2D eigenvalue weighted by atomic mass is 10.2. The fourth-order valence-electron chi connectivity index (χ4n) is 2.66. The summed E-state index contributed by atoms with van der Waals surface area (Å²) in [5.74, 6) is -0.669. The van der Waals surface area contributed by atoms with E-state index >= 15 is 0 Å². The van der Waals surface area contributed by atoms with Crippen LogP contribution in [0.3, 0.4) is 0 Å². The summed E-state index contributed by atoms with van der Waals surface area (Å²) in [5, 5.41) is 2.65. The van der Waals surface area contributed by atoms with E-state index < -0.39 is 5.82 Å². The zero-order chi connectivity index (χ0) is 18.9. The molecule has 1 unspecified atom stereocenters. The van der Waals surface area contributed by atoms with E-state index in [0.29, 0.717) is 18.8 Å². The predicted octanol–water partition coefficient (Wildman–Crippen LogP) is 1.33. The normalized spacial score (nSPS) is 11.7. The van der Waals surface area contributed by atoms with Crippen LogP contribution >= 0.6 is 0 Å². The van der Waals surface area contributed by atoms with Gasteiger partial charge in [0.05, 0.1) is 7.05 Å². The third-order valence-electron chi connectivity index (χ3n) is 3.97. The number of quaternary nitrogens is 1. The highest BCUT2D eigenvalue weighted by atomic mass is 19.1. The van der Waals surface area contributed by atoms with Crippen LogP contribution in [0.2, 0.25) is 0 Å². The maximum atomic E-state index is 13.2. The average molecular weight is 358 g/mol. The zero-order valence-corrected chi connectivity index (χ0v) is 15.2. The van der Waals surface area contributed by atoms with Crippen LogP contribution in [0.25, 0.3) is 0 Å². The van der Waals surface area contributed by atoms with Crippen molar-refractivity contribution in [3.8, 4) is 0 Å². The Morgan fingerprint density at radius 3 is 2.46 bits per heavy atom. The van der Waals surface area contributed by atoms with Gasteiger partial charge in [0.2, 0.25) is 0 Å². The van der Waals surface area contributed by atoms with Crippen molar-refractivity contribution in [1.82, 2.24) is 4.90 Å². The number of benzene rings is 2. The van der Waals surface area contributed by atoms with E-state index in [-0.39, 0.29) is 24.9 Å². The Labute approximate surface area is 153 Å². The van der Waals surface area contributed by atoms with Crippen LogP contribution in [0.1, 0.15) is 12.5 Å². The van der Waals surface area contributed by atoms with Gasteiger partial charge < -0.3 is 15.1 Å². The quantitative estimate of drug-likeness (QED) is 0.748.